The summed E-state index contributed by atoms with van der Waals surface area (Å²) in [6.45, 7) is 6.45. The molecule has 0 spiro atoms. The molecule has 0 saturated heterocycles. The summed E-state index contributed by atoms with van der Waals surface area (Å²) in [4.78, 5) is 36.4. The number of methoxy groups -OCH3 is 1. The Kier molecular flexibility index (Phi) is 8.83. The van der Waals surface area contributed by atoms with Gasteiger partial charge in [0.2, 0.25) is 0 Å². The fourth-order valence-electron chi connectivity index (χ4n) is 4.24. The molecule has 0 atom stereocenters. The molecular weight excluding hydrogens is 514 g/mol. The zero-order valence-corrected chi connectivity index (χ0v) is 22.9. The van der Waals surface area contributed by atoms with Crippen molar-refractivity contribution in [1.29, 1.82) is 0 Å². The van der Waals surface area contributed by atoms with E-state index in [1.165, 1.54) is 19.1 Å². The summed E-state index contributed by atoms with van der Waals surface area (Å²) >= 11 is 3.05. The normalized spacial score (nSPS) is 17.6. The first-order valence-electron chi connectivity index (χ1n) is 12.3. The summed E-state index contributed by atoms with van der Waals surface area (Å²) in [6.07, 6.45) is 3.09. The van der Waals surface area contributed by atoms with Crippen molar-refractivity contribution in [2.45, 2.75) is 69.4 Å². The number of nitrogens with one attached hydrogen (secondary N) is 3. The minimum absolute atomic E-state index is 0.0467. The Hall–Kier alpha value is -2.96. The fraction of sp³-hybridized carbons (Fsp3) is 0.480. The molecule has 4 rings (SSSR count). The van der Waals surface area contributed by atoms with Gasteiger partial charge in [-0.3, -0.25) is 14.3 Å². The molecule has 1 aromatic heterocycles. The summed E-state index contributed by atoms with van der Waals surface area (Å²) < 4.78 is 13.5. The van der Waals surface area contributed by atoms with E-state index in [0.717, 1.165) is 52.7 Å². The predicted octanol–water partition coefficient (Wildman–Crippen LogP) is 4.33. The highest BCUT2D eigenvalue weighted by atomic mass is 32.2. The van der Waals surface area contributed by atoms with Crippen LogP contribution in [-0.2, 0) is 4.74 Å². The van der Waals surface area contributed by atoms with Crippen LogP contribution in [0.25, 0.3) is 10.6 Å². The molecule has 1 aliphatic carbocycles. The number of hydrogen-bond acceptors (Lipinski definition) is 11. The molecule has 0 unspecified atom stereocenters. The van der Waals surface area contributed by atoms with Crippen LogP contribution in [-0.4, -0.2) is 42.1 Å². The van der Waals surface area contributed by atoms with Crippen molar-refractivity contribution in [3.8, 4) is 16.3 Å². The van der Waals surface area contributed by atoms with E-state index in [-0.39, 0.29) is 29.7 Å². The van der Waals surface area contributed by atoms with Gasteiger partial charge in [0, 0.05) is 34.7 Å². The van der Waals surface area contributed by atoms with Crippen LogP contribution in [0.2, 0.25) is 0 Å². The first kappa shape index (κ1) is 27.1. The maximum Gasteiger partial charge on any atom is 0.407 e. The molecule has 10 nitrogen and oxygen atoms in total. The highest BCUT2D eigenvalue weighted by Gasteiger charge is 2.27. The van der Waals surface area contributed by atoms with Crippen molar-refractivity contribution in [2.75, 3.05) is 19.0 Å². The van der Waals surface area contributed by atoms with Gasteiger partial charge in [0.15, 0.2) is 5.75 Å². The number of alkyl carbamates (subject to hydrolysis) is 1. The second kappa shape index (κ2) is 12.1. The van der Waals surface area contributed by atoms with Crippen LogP contribution in [0.15, 0.2) is 32.7 Å². The summed E-state index contributed by atoms with van der Waals surface area (Å²) in [5.41, 5.74) is 0.563. The summed E-state index contributed by atoms with van der Waals surface area (Å²) in [5, 5.41) is 16.8. The topological polar surface area (TPSA) is 132 Å². The van der Waals surface area contributed by atoms with Crippen LogP contribution in [0.5, 0.6) is 5.75 Å². The molecule has 2 aromatic carbocycles. The first-order valence-corrected chi connectivity index (χ1v) is 13.9. The van der Waals surface area contributed by atoms with Gasteiger partial charge in [-0.15, -0.1) is 10.2 Å². The van der Waals surface area contributed by atoms with Gasteiger partial charge in [-0.2, -0.15) is 0 Å². The second-order valence-corrected chi connectivity index (χ2v) is 11.0. The van der Waals surface area contributed by atoms with Crippen molar-refractivity contribution >= 4 is 40.8 Å². The number of carbonyl (C=O) groups is 1. The third-order valence-corrected chi connectivity index (χ3v) is 8.17. The standard InChI is InChI=1S/C25H31N5O5S2/c1-5-26-37-18-12-16(27-19-20(31)21(32)22(19)34-4)10-11-17(18)24-30-29-23(36-24)14-6-8-15(9-7-14)28-25(33)35-13(2)3/h10-15,26-27H,5-9H2,1-4H3,(H,28,33). The van der Waals surface area contributed by atoms with E-state index in [0.29, 0.717) is 11.6 Å². The molecule has 12 heteroatoms. The monoisotopic (exact) mass is 545 g/mol. The summed E-state index contributed by atoms with van der Waals surface area (Å²) in [7, 11) is 1.37. The van der Waals surface area contributed by atoms with Gasteiger partial charge < -0.3 is 20.1 Å². The third-order valence-electron chi connectivity index (χ3n) is 6.06. The smallest absolute Gasteiger partial charge is 0.407 e. The number of rotatable bonds is 10. The highest BCUT2D eigenvalue weighted by molar-refractivity contribution is 7.97. The molecular formula is C25H31N5O5S2. The predicted molar refractivity (Wildman–Crippen MR) is 146 cm³/mol. The van der Waals surface area contributed by atoms with Gasteiger partial charge in [-0.05, 0) is 69.7 Å². The number of ether oxygens (including phenoxy) is 2. The van der Waals surface area contributed by atoms with Crippen molar-refractivity contribution in [1.82, 2.24) is 20.2 Å². The molecule has 0 radical (unpaired) electrons. The van der Waals surface area contributed by atoms with E-state index in [9.17, 15) is 14.4 Å². The minimum Gasteiger partial charge on any atom is -0.491 e. The number of amides is 1. The van der Waals surface area contributed by atoms with Crippen LogP contribution < -0.4 is 31.0 Å². The van der Waals surface area contributed by atoms with E-state index < -0.39 is 10.9 Å². The van der Waals surface area contributed by atoms with Gasteiger partial charge in [-0.1, -0.05) is 18.3 Å². The Morgan fingerprint density at radius 3 is 2.59 bits per heavy atom. The van der Waals surface area contributed by atoms with E-state index >= 15 is 0 Å². The van der Waals surface area contributed by atoms with Crippen LogP contribution in [0.4, 0.5) is 16.2 Å². The maximum atomic E-state index is 11.9. The number of aromatic nitrogens is 2. The van der Waals surface area contributed by atoms with Gasteiger partial charge in [0.1, 0.15) is 15.7 Å². The van der Waals surface area contributed by atoms with Gasteiger partial charge >= 0.3 is 6.09 Å². The Balaban J connectivity index is 1.46. The highest BCUT2D eigenvalue weighted by Crippen LogP contribution is 2.39. The van der Waals surface area contributed by atoms with Crippen LogP contribution >= 0.6 is 23.3 Å². The molecule has 3 N–H and O–H groups in total. The second-order valence-electron chi connectivity index (χ2n) is 9.09. The zero-order valence-electron chi connectivity index (χ0n) is 21.3. The molecule has 0 bridgehead atoms. The molecule has 1 heterocycles. The summed E-state index contributed by atoms with van der Waals surface area (Å²) in [5.74, 6) is 0.350. The molecule has 198 valence electrons. The minimum atomic E-state index is -0.620. The molecule has 37 heavy (non-hydrogen) atoms. The van der Waals surface area contributed by atoms with E-state index in [1.807, 2.05) is 39.0 Å². The zero-order chi connectivity index (χ0) is 26.5. The average molecular weight is 546 g/mol. The molecule has 0 aliphatic heterocycles. The molecule has 1 aliphatic rings. The van der Waals surface area contributed by atoms with E-state index in [4.69, 9.17) is 9.47 Å². The lowest BCUT2D eigenvalue weighted by Gasteiger charge is -2.27. The largest absolute Gasteiger partial charge is 0.491 e. The summed E-state index contributed by atoms with van der Waals surface area (Å²) in [6, 6.07) is 5.80. The van der Waals surface area contributed by atoms with Gasteiger partial charge in [0.05, 0.1) is 13.2 Å². The lowest BCUT2D eigenvalue weighted by Crippen LogP contribution is -2.38. The number of carbonyl (C=O) groups excluding carboxylic acids is 1. The molecule has 1 amide bonds. The van der Waals surface area contributed by atoms with Crippen molar-refractivity contribution < 1.29 is 14.3 Å². The number of hydrogen-bond donors (Lipinski definition) is 3. The van der Waals surface area contributed by atoms with Crippen molar-refractivity contribution in [2.24, 2.45) is 0 Å². The Morgan fingerprint density at radius 2 is 1.92 bits per heavy atom. The Morgan fingerprint density at radius 1 is 1.16 bits per heavy atom. The fourth-order valence-corrected chi connectivity index (χ4v) is 6.12. The Bertz CT molecular complexity index is 1310. The first-order chi connectivity index (χ1) is 17.8. The molecule has 1 fully saturated rings. The number of nitrogens with zero attached hydrogens (tertiary/aromatic N) is 2. The molecule has 3 aromatic rings. The van der Waals surface area contributed by atoms with Gasteiger partial charge in [-0.25, -0.2) is 4.79 Å². The van der Waals surface area contributed by atoms with Gasteiger partial charge in [0.25, 0.3) is 10.9 Å². The average Bonchev–Trinajstić information content (AvgIpc) is 3.37. The lowest BCUT2D eigenvalue weighted by atomic mass is 9.86. The van der Waals surface area contributed by atoms with Crippen LogP contribution in [0.3, 0.4) is 0 Å². The van der Waals surface area contributed by atoms with E-state index in [2.05, 4.69) is 25.6 Å². The number of anilines is 2. The maximum absolute atomic E-state index is 11.9. The quantitative estimate of drug-likeness (QED) is 0.250. The molecule has 1 saturated carbocycles. The van der Waals surface area contributed by atoms with Crippen molar-refractivity contribution in [3.05, 3.63) is 43.7 Å². The lowest BCUT2D eigenvalue weighted by molar-refractivity contribution is 0.109. The van der Waals surface area contributed by atoms with Crippen molar-refractivity contribution in [3.63, 3.8) is 0 Å². The van der Waals surface area contributed by atoms with Crippen LogP contribution in [0, 0.1) is 0 Å². The number of benzene rings is 1. The Labute approximate surface area is 223 Å². The SMILES string of the molecule is CCNSc1cc(Nc2c(OC)c(=O)c2=O)ccc1-c1nnc(C2CCC(NC(=O)OC(C)C)CC2)s1. The van der Waals surface area contributed by atoms with Crippen LogP contribution in [0.1, 0.15) is 57.4 Å². The third kappa shape index (κ3) is 6.31. The van der Waals surface area contributed by atoms with E-state index in [1.54, 1.807) is 11.3 Å².